The van der Waals surface area contributed by atoms with E-state index in [1.807, 2.05) is 0 Å². The smallest absolute Gasteiger partial charge is 0.416 e. The Morgan fingerprint density at radius 3 is 2.78 bits per heavy atom. The molecule has 0 saturated carbocycles. The number of hydrogen-bond acceptors (Lipinski definition) is 3. The topological polar surface area (TPSA) is 53.4 Å². The monoisotopic (exact) mass is 378 g/mol. The number of piperidine rings is 1. The highest BCUT2D eigenvalue weighted by molar-refractivity contribution is 5.92. The maximum Gasteiger partial charge on any atom is 0.416 e. The molecule has 0 bridgehead atoms. The van der Waals surface area contributed by atoms with Crippen LogP contribution in [0.25, 0.3) is 0 Å². The van der Waals surface area contributed by atoms with Crippen LogP contribution in [0.4, 0.5) is 13.2 Å². The largest absolute Gasteiger partial charge is 0.506 e. The molecule has 1 fully saturated rings. The molecule has 1 saturated heterocycles. The highest BCUT2D eigenvalue weighted by Gasteiger charge is 2.30. The van der Waals surface area contributed by atoms with Crippen LogP contribution in [0.3, 0.4) is 0 Å². The van der Waals surface area contributed by atoms with Gasteiger partial charge in [0, 0.05) is 13.1 Å². The summed E-state index contributed by atoms with van der Waals surface area (Å²) in [5, 5.41) is 9.28. The molecule has 1 aromatic carbocycles. The van der Waals surface area contributed by atoms with Gasteiger partial charge >= 0.3 is 6.18 Å². The van der Waals surface area contributed by atoms with Crippen molar-refractivity contribution in [2.45, 2.75) is 31.9 Å². The molecule has 2 heterocycles. The van der Waals surface area contributed by atoms with Crippen molar-refractivity contribution in [3.05, 3.63) is 59.4 Å². The molecule has 0 unspecified atom stereocenters. The molecule has 1 aromatic heterocycles. The molecule has 1 atom stereocenters. The molecule has 1 N–H and O–H groups in total. The number of benzene rings is 1. The zero-order valence-corrected chi connectivity index (χ0v) is 14.7. The van der Waals surface area contributed by atoms with Crippen molar-refractivity contribution in [3.63, 3.8) is 0 Å². The number of amides is 1. The number of pyridine rings is 1. The molecule has 0 radical (unpaired) electrons. The normalized spacial score (nSPS) is 17.7. The van der Waals surface area contributed by atoms with Gasteiger partial charge in [0.1, 0.15) is 11.4 Å². The van der Waals surface area contributed by atoms with Gasteiger partial charge in [-0.1, -0.05) is 18.2 Å². The second kappa shape index (κ2) is 7.98. The zero-order valence-electron chi connectivity index (χ0n) is 14.7. The lowest BCUT2D eigenvalue weighted by molar-refractivity contribution is -0.137. The van der Waals surface area contributed by atoms with E-state index in [-0.39, 0.29) is 23.3 Å². The van der Waals surface area contributed by atoms with Crippen molar-refractivity contribution in [2.24, 2.45) is 5.92 Å². The Kier molecular flexibility index (Phi) is 5.68. The van der Waals surface area contributed by atoms with Gasteiger partial charge in [0.2, 0.25) is 0 Å². The van der Waals surface area contributed by atoms with Gasteiger partial charge in [0.15, 0.2) is 0 Å². The minimum absolute atomic E-state index is 0.00385. The Morgan fingerprint density at radius 2 is 2.07 bits per heavy atom. The van der Waals surface area contributed by atoms with Crippen LogP contribution < -0.4 is 0 Å². The van der Waals surface area contributed by atoms with Crippen LogP contribution in [0.2, 0.25) is 0 Å². The van der Waals surface area contributed by atoms with Gasteiger partial charge in [-0.25, -0.2) is 4.98 Å². The Balaban J connectivity index is 1.59. The summed E-state index contributed by atoms with van der Waals surface area (Å²) in [6.45, 7) is 1.21. The van der Waals surface area contributed by atoms with Crippen LogP contribution in [-0.4, -0.2) is 34.0 Å². The van der Waals surface area contributed by atoms with Crippen molar-refractivity contribution < 1.29 is 23.1 Å². The second-order valence-corrected chi connectivity index (χ2v) is 6.90. The van der Waals surface area contributed by atoms with Crippen LogP contribution in [0.15, 0.2) is 42.6 Å². The molecule has 27 heavy (non-hydrogen) atoms. The zero-order chi connectivity index (χ0) is 19.4. The van der Waals surface area contributed by atoms with E-state index in [0.29, 0.717) is 25.1 Å². The first-order valence-electron chi connectivity index (χ1n) is 8.93. The van der Waals surface area contributed by atoms with Crippen molar-refractivity contribution in [2.75, 3.05) is 13.1 Å². The molecule has 4 nitrogen and oxygen atoms in total. The van der Waals surface area contributed by atoms with Crippen molar-refractivity contribution in [3.8, 4) is 5.75 Å². The average Bonchev–Trinajstić information content (AvgIpc) is 2.66. The predicted octanol–water partition coefficient (Wildman–Crippen LogP) is 4.29. The third kappa shape index (κ3) is 4.99. The van der Waals surface area contributed by atoms with Gasteiger partial charge in [-0.15, -0.1) is 0 Å². The summed E-state index contributed by atoms with van der Waals surface area (Å²) in [7, 11) is 0. The lowest BCUT2D eigenvalue weighted by Crippen LogP contribution is -2.40. The number of halogens is 3. The summed E-state index contributed by atoms with van der Waals surface area (Å²) >= 11 is 0. The van der Waals surface area contributed by atoms with E-state index in [1.54, 1.807) is 11.0 Å². The van der Waals surface area contributed by atoms with Gasteiger partial charge in [-0.05, 0) is 55.4 Å². The maximum absolute atomic E-state index is 12.8. The van der Waals surface area contributed by atoms with E-state index >= 15 is 0 Å². The summed E-state index contributed by atoms with van der Waals surface area (Å²) in [6, 6.07) is 8.34. The molecule has 144 valence electrons. The number of carbonyl (C=O) groups is 1. The first-order valence-corrected chi connectivity index (χ1v) is 8.93. The third-order valence-electron chi connectivity index (χ3n) is 4.87. The standard InChI is InChI=1S/C20H21F3N2O2/c21-20(22,23)16-5-1-3-14(11-16)6-7-15-4-2-10-25(13-15)19(27)18-9-8-17(26)12-24-18/h1,3,5,8-9,11-12,15,26H,2,4,6-7,10,13H2/t15-/m1/s1. The quantitative estimate of drug-likeness (QED) is 0.864. The number of alkyl halides is 3. The molecule has 1 aliphatic rings. The molecule has 3 rings (SSSR count). The molecule has 0 spiro atoms. The molecule has 0 aliphatic carbocycles. The first-order chi connectivity index (χ1) is 12.8. The van der Waals surface area contributed by atoms with Crippen LogP contribution in [0, 0.1) is 5.92 Å². The summed E-state index contributed by atoms with van der Waals surface area (Å²) in [5.41, 5.74) is 0.318. The number of aromatic hydroxyl groups is 1. The number of aryl methyl sites for hydroxylation is 1. The number of hydrogen-bond donors (Lipinski definition) is 1. The second-order valence-electron chi connectivity index (χ2n) is 6.90. The van der Waals surface area contributed by atoms with Gasteiger partial charge in [-0.3, -0.25) is 4.79 Å². The van der Waals surface area contributed by atoms with Gasteiger partial charge in [-0.2, -0.15) is 13.2 Å². The summed E-state index contributed by atoms with van der Waals surface area (Å²) < 4.78 is 38.5. The average molecular weight is 378 g/mol. The van der Waals surface area contributed by atoms with Gasteiger partial charge < -0.3 is 10.0 Å². The van der Waals surface area contributed by atoms with E-state index in [2.05, 4.69) is 4.98 Å². The van der Waals surface area contributed by atoms with E-state index in [4.69, 9.17) is 0 Å². The van der Waals surface area contributed by atoms with E-state index < -0.39 is 11.7 Å². The lowest BCUT2D eigenvalue weighted by Gasteiger charge is -2.32. The van der Waals surface area contributed by atoms with Gasteiger partial charge in [0.25, 0.3) is 5.91 Å². The Morgan fingerprint density at radius 1 is 1.26 bits per heavy atom. The van der Waals surface area contributed by atoms with E-state index in [0.717, 1.165) is 25.3 Å². The molecule has 2 aromatic rings. The highest BCUT2D eigenvalue weighted by atomic mass is 19.4. The maximum atomic E-state index is 12.8. The predicted molar refractivity (Wildman–Crippen MR) is 94.3 cm³/mol. The van der Waals surface area contributed by atoms with E-state index in [1.165, 1.54) is 30.5 Å². The van der Waals surface area contributed by atoms with Crippen molar-refractivity contribution >= 4 is 5.91 Å². The number of nitrogens with zero attached hydrogens (tertiary/aromatic N) is 2. The molecular formula is C20H21F3N2O2. The van der Waals surface area contributed by atoms with Crippen molar-refractivity contribution in [1.29, 1.82) is 0 Å². The van der Waals surface area contributed by atoms with Crippen molar-refractivity contribution in [1.82, 2.24) is 9.88 Å². The molecule has 7 heteroatoms. The van der Waals surface area contributed by atoms with Crippen LogP contribution in [0.1, 0.15) is 40.9 Å². The molecule has 1 amide bonds. The summed E-state index contributed by atoms with van der Waals surface area (Å²) in [6.07, 6.45) is -0.00547. The minimum Gasteiger partial charge on any atom is -0.506 e. The third-order valence-corrected chi connectivity index (χ3v) is 4.87. The van der Waals surface area contributed by atoms with E-state index in [9.17, 15) is 23.1 Å². The fourth-order valence-electron chi connectivity index (χ4n) is 3.43. The summed E-state index contributed by atoms with van der Waals surface area (Å²) in [5.74, 6) is 0.0669. The minimum atomic E-state index is -4.33. The fourth-order valence-corrected chi connectivity index (χ4v) is 3.43. The summed E-state index contributed by atoms with van der Waals surface area (Å²) in [4.78, 5) is 18.2. The number of likely N-dealkylation sites (tertiary alicyclic amines) is 1. The Hall–Kier alpha value is -2.57. The number of aromatic nitrogens is 1. The number of rotatable bonds is 4. The van der Waals surface area contributed by atoms with Crippen LogP contribution in [0.5, 0.6) is 5.75 Å². The highest BCUT2D eigenvalue weighted by Crippen LogP contribution is 2.30. The van der Waals surface area contributed by atoms with Crippen LogP contribution in [-0.2, 0) is 12.6 Å². The lowest BCUT2D eigenvalue weighted by atomic mass is 9.91. The molecule has 1 aliphatic heterocycles. The fraction of sp³-hybridized carbons (Fsp3) is 0.400. The Labute approximate surface area is 155 Å². The molecular weight excluding hydrogens is 357 g/mol. The van der Waals surface area contributed by atoms with Gasteiger partial charge in [0.05, 0.1) is 11.8 Å². The van der Waals surface area contributed by atoms with Crippen LogP contribution >= 0.6 is 0 Å². The SMILES string of the molecule is O=C(c1ccc(O)cn1)N1CCC[C@H](CCc2cccc(C(F)(F)F)c2)C1. The first kappa shape index (κ1) is 19.2. The Bertz CT molecular complexity index is 791. The number of carbonyl (C=O) groups excluding carboxylic acids is 1.